The van der Waals surface area contributed by atoms with Gasteiger partial charge in [-0.25, -0.2) is 4.79 Å². The number of urea groups is 1. The van der Waals surface area contributed by atoms with Crippen LogP contribution in [0.15, 0.2) is 34.7 Å². The van der Waals surface area contributed by atoms with Crippen LogP contribution in [0.25, 0.3) is 0 Å². The Morgan fingerprint density at radius 2 is 2.15 bits per heavy atom. The molecule has 3 heterocycles. The molecule has 0 radical (unpaired) electrons. The lowest BCUT2D eigenvalue weighted by Gasteiger charge is -2.21. The molecule has 1 atom stereocenters. The third-order valence-electron chi connectivity index (χ3n) is 4.49. The van der Waals surface area contributed by atoms with E-state index in [4.69, 9.17) is 0 Å². The summed E-state index contributed by atoms with van der Waals surface area (Å²) in [7, 11) is 0. The van der Waals surface area contributed by atoms with Crippen LogP contribution in [0.4, 0.5) is 19.3 Å². The lowest BCUT2D eigenvalue weighted by Crippen LogP contribution is -2.33. The average Bonchev–Trinajstić information content (AvgIpc) is 3.22. The van der Waals surface area contributed by atoms with Crippen molar-refractivity contribution in [3.8, 4) is 11.5 Å². The Kier molecular flexibility index (Phi) is 4.06. The van der Waals surface area contributed by atoms with Crippen molar-refractivity contribution in [3.05, 3.63) is 29.7 Å². The van der Waals surface area contributed by atoms with Gasteiger partial charge in [0.25, 0.3) is 0 Å². The number of benzene rings is 1. The van der Waals surface area contributed by atoms with E-state index >= 15 is 0 Å². The highest BCUT2D eigenvalue weighted by Gasteiger charge is 2.43. The number of likely N-dealkylation sites (tertiary alicyclic amines) is 1. The van der Waals surface area contributed by atoms with Crippen LogP contribution in [0.2, 0.25) is 0 Å². The van der Waals surface area contributed by atoms with Crippen LogP contribution in [-0.4, -0.2) is 41.5 Å². The molecule has 26 heavy (non-hydrogen) atoms. The Bertz CT molecular complexity index is 814. The second-order valence-corrected chi connectivity index (χ2v) is 7.53. The maximum absolute atomic E-state index is 13.2. The molecule has 3 aliphatic heterocycles. The maximum atomic E-state index is 13.2. The summed E-state index contributed by atoms with van der Waals surface area (Å²) in [5, 5.41) is 0.477. The van der Waals surface area contributed by atoms with Crippen LogP contribution in [0.1, 0.15) is 19.8 Å². The predicted molar refractivity (Wildman–Crippen MR) is 95.0 cm³/mol. The molecule has 1 aromatic rings. The molecule has 1 unspecified atom stereocenters. The zero-order valence-corrected chi connectivity index (χ0v) is 14.9. The molecule has 138 valence electrons. The topological polar surface area (TPSA) is 54.4 Å². The van der Waals surface area contributed by atoms with E-state index in [1.54, 1.807) is 15.9 Å². The van der Waals surface area contributed by atoms with Crippen molar-refractivity contribution in [3.63, 3.8) is 0 Å². The van der Waals surface area contributed by atoms with E-state index in [-0.39, 0.29) is 23.6 Å². The van der Waals surface area contributed by atoms with Crippen molar-refractivity contribution in [1.82, 2.24) is 4.90 Å². The SMILES string of the molecule is C=C1CN(c2ccc3c(c2)OC(F)(F)O3)/C(=N/C(=O)N2CCCC2C)S1. The van der Waals surface area contributed by atoms with E-state index in [1.807, 2.05) is 6.92 Å². The van der Waals surface area contributed by atoms with E-state index in [1.165, 1.54) is 23.9 Å². The van der Waals surface area contributed by atoms with Crippen LogP contribution >= 0.6 is 11.8 Å². The second kappa shape index (κ2) is 6.15. The molecule has 2 fully saturated rings. The average molecular weight is 381 g/mol. The molecule has 1 aromatic carbocycles. The van der Waals surface area contributed by atoms with Crippen molar-refractivity contribution in [2.24, 2.45) is 4.99 Å². The van der Waals surface area contributed by atoms with Crippen molar-refractivity contribution in [2.45, 2.75) is 32.1 Å². The molecule has 0 aliphatic carbocycles. The number of hydrogen-bond acceptors (Lipinski definition) is 4. The van der Waals surface area contributed by atoms with Gasteiger partial charge in [-0.05, 0) is 31.9 Å². The summed E-state index contributed by atoms with van der Waals surface area (Å²) in [4.78, 5) is 21.1. The van der Waals surface area contributed by atoms with Gasteiger partial charge >= 0.3 is 12.3 Å². The molecule has 0 aromatic heterocycles. The molecule has 0 spiro atoms. The summed E-state index contributed by atoms with van der Waals surface area (Å²) in [5.41, 5.74) is 0.581. The first-order valence-corrected chi connectivity index (χ1v) is 9.06. The fraction of sp³-hybridized carbons (Fsp3) is 0.412. The third-order valence-corrected chi connectivity index (χ3v) is 5.40. The van der Waals surface area contributed by atoms with Gasteiger partial charge < -0.3 is 19.3 Å². The van der Waals surface area contributed by atoms with E-state index < -0.39 is 6.29 Å². The molecule has 3 aliphatic rings. The summed E-state index contributed by atoms with van der Waals surface area (Å²) in [6.07, 6.45) is -1.72. The van der Waals surface area contributed by atoms with Gasteiger partial charge in [-0.15, -0.1) is 8.78 Å². The standard InChI is InChI=1S/C17H17F2N3O3S/c1-10-4-3-7-21(10)15(23)20-16-22(9-11(2)26-16)12-5-6-13-14(8-12)25-17(18,19)24-13/h5-6,8,10H,2-4,7,9H2,1H3/b20-16-. The van der Waals surface area contributed by atoms with Crippen molar-refractivity contribution in [2.75, 3.05) is 18.0 Å². The molecule has 6 nitrogen and oxygen atoms in total. The van der Waals surface area contributed by atoms with Crippen LogP contribution in [0.3, 0.4) is 0 Å². The first-order chi connectivity index (χ1) is 12.3. The zero-order chi connectivity index (χ0) is 18.5. The fourth-order valence-corrected chi connectivity index (χ4v) is 4.07. The minimum Gasteiger partial charge on any atom is -0.395 e. The summed E-state index contributed by atoms with van der Waals surface area (Å²) >= 11 is 1.30. The lowest BCUT2D eigenvalue weighted by atomic mass is 10.2. The van der Waals surface area contributed by atoms with E-state index in [9.17, 15) is 13.6 Å². The number of amides is 2. The van der Waals surface area contributed by atoms with Gasteiger partial charge in [-0.2, -0.15) is 4.99 Å². The Balaban J connectivity index is 1.60. The van der Waals surface area contributed by atoms with Crippen molar-refractivity contribution < 1.29 is 23.0 Å². The molecule has 2 amide bonds. The smallest absolute Gasteiger partial charge is 0.395 e. The van der Waals surface area contributed by atoms with Crippen LogP contribution in [0.5, 0.6) is 11.5 Å². The first-order valence-electron chi connectivity index (χ1n) is 8.25. The number of ether oxygens (including phenoxy) is 2. The van der Waals surface area contributed by atoms with E-state index in [0.717, 1.165) is 17.7 Å². The van der Waals surface area contributed by atoms with Crippen molar-refractivity contribution in [1.29, 1.82) is 0 Å². The van der Waals surface area contributed by atoms with Gasteiger partial charge in [0.1, 0.15) is 0 Å². The molecular weight excluding hydrogens is 364 g/mol. The number of thioether (sulfide) groups is 1. The molecule has 9 heteroatoms. The predicted octanol–water partition coefficient (Wildman–Crippen LogP) is 4.04. The number of halogens is 2. The molecular formula is C17H17F2N3O3S. The van der Waals surface area contributed by atoms with Gasteiger partial charge in [-0.3, -0.25) is 0 Å². The summed E-state index contributed by atoms with van der Waals surface area (Å²) in [6.45, 7) is 7.07. The van der Waals surface area contributed by atoms with E-state index in [2.05, 4.69) is 21.0 Å². The largest absolute Gasteiger partial charge is 0.586 e. The normalized spacial score (nSPS) is 25.4. The fourth-order valence-electron chi connectivity index (χ4n) is 3.21. The quantitative estimate of drug-likeness (QED) is 0.735. The number of alkyl halides is 2. The Labute approximate surface area is 153 Å². The second-order valence-electron chi connectivity index (χ2n) is 6.39. The Hall–Kier alpha value is -2.29. The zero-order valence-electron chi connectivity index (χ0n) is 14.1. The Morgan fingerprint density at radius 1 is 1.38 bits per heavy atom. The van der Waals surface area contributed by atoms with Gasteiger partial charge in [0.2, 0.25) is 0 Å². The molecule has 0 bridgehead atoms. The number of anilines is 1. The highest BCUT2D eigenvalue weighted by Crippen LogP contribution is 2.44. The molecule has 2 saturated heterocycles. The number of rotatable bonds is 1. The first kappa shape index (κ1) is 17.1. The highest BCUT2D eigenvalue weighted by molar-refractivity contribution is 8.18. The summed E-state index contributed by atoms with van der Waals surface area (Å²) in [5.74, 6) is -0.0706. The number of hydrogen-bond donors (Lipinski definition) is 0. The number of amidine groups is 1. The Morgan fingerprint density at radius 3 is 2.88 bits per heavy atom. The summed E-state index contributed by atoms with van der Waals surface area (Å²) in [6, 6.07) is 4.38. The number of aliphatic imine (C=N–C) groups is 1. The molecule has 4 rings (SSSR count). The van der Waals surface area contributed by atoms with Crippen LogP contribution < -0.4 is 14.4 Å². The number of nitrogens with zero attached hydrogens (tertiary/aromatic N) is 3. The monoisotopic (exact) mass is 381 g/mol. The van der Waals surface area contributed by atoms with Gasteiger partial charge in [-0.1, -0.05) is 18.3 Å². The van der Waals surface area contributed by atoms with Crippen LogP contribution in [0, 0.1) is 0 Å². The van der Waals surface area contributed by atoms with E-state index in [0.29, 0.717) is 23.9 Å². The summed E-state index contributed by atoms with van der Waals surface area (Å²) < 4.78 is 35.4. The molecule has 0 saturated carbocycles. The minimum atomic E-state index is -3.66. The van der Waals surface area contributed by atoms with Gasteiger partial charge in [0, 0.05) is 29.2 Å². The lowest BCUT2D eigenvalue weighted by molar-refractivity contribution is -0.286. The minimum absolute atomic E-state index is 0.0233. The molecule has 0 N–H and O–H groups in total. The van der Waals surface area contributed by atoms with Crippen LogP contribution in [-0.2, 0) is 0 Å². The maximum Gasteiger partial charge on any atom is 0.586 e. The van der Waals surface area contributed by atoms with Gasteiger partial charge in [0.05, 0.1) is 6.54 Å². The highest BCUT2D eigenvalue weighted by atomic mass is 32.2. The van der Waals surface area contributed by atoms with Gasteiger partial charge in [0.15, 0.2) is 16.7 Å². The van der Waals surface area contributed by atoms with Crippen molar-refractivity contribution >= 4 is 28.6 Å². The number of carbonyl (C=O) groups is 1. The third kappa shape index (κ3) is 3.11. The number of fused-ring (bicyclic) bond motifs is 1. The number of carbonyl (C=O) groups excluding carboxylic acids is 1.